The first-order valence-corrected chi connectivity index (χ1v) is 7.28. The van der Waals surface area contributed by atoms with Crippen molar-refractivity contribution < 1.29 is 0 Å². The van der Waals surface area contributed by atoms with Crippen molar-refractivity contribution in [1.82, 2.24) is 4.90 Å². The first-order chi connectivity index (χ1) is 7.88. The van der Waals surface area contributed by atoms with E-state index in [1.807, 2.05) is 0 Å². The summed E-state index contributed by atoms with van der Waals surface area (Å²) >= 11 is 0. The minimum Gasteiger partial charge on any atom is -0.300 e. The van der Waals surface area contributed by atoms with Crippen molar-refractivity contribution in [2.45, 2.75) is 58.5 Å². The monoisotopic (exact) mass is 233 g/mol. The number of hydrogen-bond acceptors (Lipinski definition) is 1. The van der Waals surface area contributed by atoms with Crippen LogP contribution in [0.3, 0.4) is 0 Å². The van der Waals surface area contributed by atoms with Crippen LogP contribution < -0.4 is 0 Å². The van der Waals surface area contributed by atoms with Gasteiger partial charge in [-0.15, -0.1) is 0 Å². The van der Waals surface area contributed by atoms with E-state index in [-0.39, 0.29) is 0 Å². The molecule has 3 fully saturated rings. The number of piperidine rings is 2. The zero-order valence-corrected chi connectivity index (χ0v) is 11.9. The van der Waals surface area contributed by atoms with Gasteiger partial charge in [0.2, 0.25) is 0 Å². The third-order valence-corrected chi connectivity index (χ3v) is 5.67. The van der Waals surface area contributed by atoms with E-state index in [0.717, 1.165) is 29.8 Å². The summed E-state index contributed by atoms with van der Waals surface area (Å²) in [5, 5.41) is 0. The van der Waals surface area contributed by atoms with Crippen LogP contribution in [0, 0.1) is 23.2 Å². The van der Waals surface area contributed by atoms with Crippen molar-refractivity contribution in [3.05, 3.63) is 12.2 Å². The molecular formula is C16H27N. The Balaban J connectivity index is 1.63. The predicted octanol–water partition coefficient (Wildman–Crippen LogP) is 3.71. The molecule has 4 unspecified atom stereocenters. The lowest BCUT2D eigenvalue weighted by molar-refractivity contribution is 0.101. The van der Waals surface area contributed by atoms with E-state index in [1.54, 1.807) is 0 Å². The molecule has 1 nitrogen and oxygen atoms in total. The highest BCUT2D eigenvalue weighted by Gasteiger charge is 2.59. The SMILES string of the molecule is C=C(CC1CC2C3CC3C(C1)N2C)C(C)(C)C. The van der Waals surface area contributed by atoms with Gasteiger partial charge in [-0.05, 0) is 55.9 Å². The summed E-state index contributed by atoms with van der Waals surface area (Å²) in [6.07, 6.45) is 5.67. The van der Waals surface area contributed by atoms with Gasteiger partial charge in [0, 0.05) is 12.1 Å². The molecule has 0 N–H and O–H groups in total. The molecule has 0 spiro atoms. The van der Waals surface area contributed by atoms with Crippen LogP contribution in [-0.2, 0) is 0 Å². The summed E-state index contributed by atoms with van der Waals surface area (Å²) < 4.78 is 0. The molecule has 1 heteroatoms. The van der Waals surface area contributed by atoms with Crippen LogP contribution >= 0.6 is 0 Å². The molecule has 1 aliphatic carbocycles. The van der Waals surface area contributed by atoms with E-state index in [0.29, 0.717) is 5.41 Å². The highest BCUT2D eigenvalue weighted by atomic mass is 15.2. The van der Waals surface area contributed by atoms with Gasteiger partial charge in [-0.1, -0.05) is 32.9 Å². The van der Waals surface area contributed by atoms with E-state index >= 15 is 0 Å². The Hall–Kier alpha value is -0.300. The first-order valence-electron chi connectivity index (χ1n) is 7.28. The van der Waals surface area contributed by atoms with Gasteiger partial charge in [0.25, 0.3) is 0 Å². The molecule has 2 heterocycles. The average molecular weight is 233 g/mol. The van der Waals surface area contributed by atoms with Crippen LogP contribution in [0.2, 0.25) is 0 Å². The van der Waals surface area contributed by atoms with Gasteiger partial charge in [0.1, 0.15) is 0 Å². The second kappa shape index (κ2) is 3.60. The molecule has 0 aromatic carbocycles. The molecule has 3 aliphatic rings. The van der Waals surface area contributed by atoms with Crippen molar-refractivity contribution in [3.8, 4) is 0 Å². The molecule has 0 aromatic rings. The summed E-state index contributed by atoms with van der Waals surface area (Å²) in [6, 6.07) is 1.83. The van der Waals surface area contributed by atoms with E-state index in [1.165, 1.54) is 31.3 Å². The fraction of sp³-hybridized carbons (Fsp3) is 0.875. The number of fused-ring (bicyclic) bond motifs is 5. The van der Waals surface area contributed by atoms with Crippen molar-refractivity contribution in [2.24, 2.45) is 23.2 Å². The minimum absolute atomic E-state index is 0.297. The van der Waals surface area contributed by atoms with Gasteiger partial charge < -0.3 is 0 Å². The maximum Gasteiger partial charge on any atom is 0.0130 e. The first kappa shape index (κ1) is 11.8. The second-order valence-electron chi connectivity index (χ2n) is 7.76. The van der Waals surface area contributed by atoms with Gasteiger partial charge in [-0.3, -0.25) is 4.90 Å². The summed E-state index contributed by atoms with van der Waals surface area (Å²) in [5.74, 6) is 3.05. The van der Waals surface area contributed by atoms with Crippen molar-refractivity contribution in [1.29, 1.82) is 0 Å². The number of allylic oxidation sites excluding steroid dienone is 1. The lowest BCUT2D eigenvalue weighted by Crippen LogP contribution is -2.43. The van der Waals surface area contributed by atoms with Gasteiger partial charge in [0.15, 0.2) is 0 Å². The van der Waals surface area contributed by atoms with Crippen molar-refractivity contribution >= 4 is 0 Å². The molecule has 0 radical (unpaired) electrons. The van der Waals surface area contributed by atoms with E-state index in [2.05, 4.69) is 39.3 Å². The van der Waals surface area contributed by atoms with Crippen LogP contribution in [0.15, 0.2) is 12.2 Å². The molecule has 0 amide bonds. The Morgan fingerprint density at radius 3 is 2.12 bits per heavy atom. The topological polar surface area (TPSA) is 3.24 Å². The lowest BCUT2D eigenvalue weighted by atomic mass is 9.77. The summed E-state index contributed by atoms with van der Waals surface area (Å²) in [7, 11) is 2.36. The molecular weight excluding hydrogens is 206 g/mol. The van der Waals surface area contributed by atoms with Crippen LogP contribution in [0.4, 0.5) is 0 Å². The smallest absolute Gasteiger partial charge is 0.0130 e. The fourth-order valence-electron chi connectivity index (χ4n) is 4.25. The molecule has 17 heavy (non-hydrogen) atoms. The van der Waals surface area contributed by atoms with Gasteiger partial charge in [-0.2, -0.15) is 0 Å². The Bertz CT molecular complexity index is 320. The molecule has 2 aliphatic heterocycles. The van der Waals surface area contributed by atoms with Crippen LogP contribution in [0.1, 0.15) is 46.5 Å². The number of hydrogen-bond donors (Lipinski definition) is 0. The quantitative estimate of drug-likeness (QED) is 0.657. The minimum atomic E-state index is 0.297. The highest BCUT2D eigenvalue weighted by molar-refractivity contribution is 5.15. The van der Waals surface area contributed by atoms with Gasteiger partial charge >= 0.3 is 0 Å². The normalized spacial score (nSPS) is 44.6. The van der Waals surface area contributed by atoms with E-state index < -0.39 is 0 Å². The van der Waals surface area contributed by atoms with Crippen molar-refractivity contribution in [3.63, 3.8) is 0 Å². The summed E-state index contributed by atoms with van der Waals surface area (Å²) in [6.45, 7) is 11.2. The fourth-order valence-corrected chi connectivity index (χ4v) is 4.25. The maximum absolute atomic E-state index is 4.33. The molecule has 1 saturated carbocycles. The summed E-state index contributed by atoms with van der Waals surface area (Å²) in [4.78, 5) is 2.69. The molecule has 96 valence electrons. The molecule has 2 bridgehead atoms. The lowest BCUT2D eigenvalue weighted by Gasteiger charge is -2.40. The van der Waals surface area contributed by atoms with Crippen molar-refractivity contribution in [2.75, 3.05) is 7.05 Å². The Morgan fingerprint density at radius 2 is 1.65 bits per heavy atom. The number of rotatable bonds is 2. The maximum atomic E-state index is 4.33. The molecule has 4 atom stereocenters. The van der Waals surface area contributed by atoms with Crippen LogP contribution in [0.25, 0.3) is 0 Å². The van der Waals surface area contributed by atoms with Gasteiger partial charge in [-0.25, -0.2) is 0 Å². The Kier molecular flexibility index (Phi) is 2.49. The highest BCUT2D eigenvalue weighted by Crippen LogP contribution is 2.59. The third kappa shape index (κ3) is 1.87. The van der Waals surface area contributed by atoms with Crippen LogP contribution in [-0.4, -0.2) is 24.0 Å². The average Bonchev–Trinajstić information content (AvgIpc) is 2.93. The van der Waals surface area contributed by atoms with Gasteiger partial charge in [0.05, 0.1) is 0 Å². The zero-order valence-electron chi connectivity index (χ0n) is 11.9. The third-order valence-electron chi connectivity index (χ3n) is 5.67. The summed E-state index contributed by atoms with van der Waals surface area (Å²) in [5.41, 5.74) is 1.76. The van der Waals surface area contributed by atoms with E-state index in [4.69, 9.17) is 0 Å². The Morgan fingerprint density at radius 1 is 1.12 bits per heavy atom. The Labute approximate surface area is 106 Å². The molecule has 0 aromatic heterocycles. The second-order valence-corrected chi connectivity index (χ2v) is 7.76. The number of nitrogens with zero attached hydrogens (tertiary/aromatic N) is 1. The largest absolute Gasteiger partial charge is 0.300 e. The molecule has 3 rings (SSSR count). The van der Waals surface area contributed by atoms with Crippen LogP contribution in [0.5, 0.6) is 0 Å². The standard InChI is InChI=1S/C16H27N/c1-10(16(2,3)4)6-11-7-14-12-9-13(12)15(8-11)17(14)5/h11-15H,1,6-9H2,2-5H3. The molecule has 2 saturated heterocycles. The predicted molar refractivity (Wildman–Crippen MR) is 72.9 cm³/mol. The van der Waals surface area contributed by atoms with E-state index in [9.17, 15) is 0 Å². The zero-order chi connectivity index (χ0) is 12.4.